The van der Waals surface area contributed by atoms with Crippen LogP contribution in [0.1, 0.15) is 0 Å². The zero-order valence-corrected chi connectivity index (χ0v) is 10.2. The van der Waals surface area contributed by atoms with Crippen molar-refractivity contribution in [3.8, 4) is 5.88 Å². The Hall–Kier alpha value is -1.89. The molecule has 0 unspecified atom stereocenters. The summed E-state index contributed by atoms with van der Waals surface area (Å²) in [5.74, 6) is 0.467. The first-order valence-electron chi connectivity index (χ1n) is 5.74. The summed E-state index contributed by atoms with van der Waals surface area (Å²) in [7, 11) is 1.55. The molecule has 18 heavy (non-hydrogen) atoms. The number of aliphatic carboxylic acids is 1. The highest BCUT2D eigenvalue weighted by Crippen LogP contribution is 2.15. The Labute approximate surface area is 105 Å². The summed E-state index contributed by atoms with van der Waals surface area (Å²) in [4.78, 5) is 23.0. The van der Waals surface area contributed by atoms with Crippen LogP contribution in [0.3, 0.4) is 0 Å². The summed E-state index contributed by atoms with van der Waals surface area (Å²) in [6, 6.07) is 0. The molecule has 0 aliphatic carbocycles. The zero-order chi connectivity index (χ0) is 13.0. The number of ether oxygens (including phenoxy) is 1. The van der Waals surface area contributed by atoms with Crippen LogP contribution in [0.2, 0.25) is 0 Å². The lowest BCUT2D eigenvalue weighted by Crippen LogP contribution is -2.48. The van der Waals surface area contributed by atoms with Crippen molar-refractivity contribution in [2.24, 2.45) is 0 Å². The fourth-order valence-corrected chi connectivity index (χ4v) is 1.92. The normalized spacial score (nSPS) is 16.6. The number of carboxylic acids is 1. The molecule has 7 heteroatoms. The maximum atomic E-state index is 10.6. The molecule has 1 N–H and O–H groups in total. The molecular formula is C11H16N4O3. The number of hydrogen-bond donors (Lipinski definition) is 1. The first-order chi connectivity index (χ1) is 8.69. The van der Waals surface area contributed by atoms with Crippen molar-refractivity contribution in [1.82, 2.24) is 14.9 Å². The van der Waals surface area contributed by atoms with Crippen molar-refractivity contribution < 1.29 is 14.6 Å². The average Bonchev–Trinajstić information content (AvgIpc) is 2.39. The summed E-state index contributed by atoms with van der Waals surface area (Å²) < 4.78 is 5.03. The van der Waals surface area contributed by atoms with Gasteiger partial charge in [-0.25, -0.2) is 0 Å². The highest BCUT2D eigenvalue weighted by molar-refractivity contribution is 5.69. The van der Waals surface area contributed by atoms with Crippen LogP contribution in [0.5, 0.6) is 5.88 Å². The fourth-order valence-electron chi connectivity index (χ4n) is 1.92. The molecule has 2 heterocycles. The van der Waals surface area contributed by atoms with Crippen molar-refractivity contribution in [2.45, 2.75) is 0 Å². The van der Waals surface area contributed by atoms with Gasteiger partial charge in [0.05, 0.1) is 26.0 Å². The highest BCUT2D eigenvalue weighted by atomic mass is 16.5. The van der Waals surface area contributed by atoms with Gasteiger partial charge in [-0.1, -0.05) is 0 Å². The summed E-state index contributed by atoms with van der Waals surface area (Å²) in [6.45, 7) is 3.01. The first-order valence-corrected chi connectivity index (χ1v) is 5.74. The van der Waals surface area contributed by atoms with Gasteiger partial charge in [0.1, 0.15) is 0 Å². The molecule has 7 nitrogen and oxygen atoms in total. The third-order valence-corrected chi connectivity index (χ3v) is 2.86. The molecule has 0 atom stereocenters. The van der Waals surface area contributed by atoms with Gasteiger partial charge in [-0.2, -0.15) is 4.98 Å². The second-order valence-corrected chi connectivity index (χ2v) is 4.08. The second kappa shape index (κ2) is 5.63. The van der Waals surface area contributed by atoms with E-state index in [4.69, 9.17) is 9.84 Å². The van der Waals surface area contributed by atoms with Crippen LogP contribution in [0, 0.1) is 0 Å². The van der Waals surface area contributed by atoms with Crippen molar-refractivity contribution in [1.29, 1.82) is 0 Å². The maximum absolute atomic E-state index is 10.6. The molecule has 0 aromatic carbocycles. The summed E-state index contributed by atoms with van der Waals surface area (Å²) in [5, 5.41) is 8.72. The predicted octanol–water partition coefficient (Wildman–Crippen LogP) is -0.308. The van der Waals surface area contributed by atoms with Gasteiger partial charge in [0.2, 0.25) is 5.88 Å². The second-order valence-electron chi connectivity index (χ2n) is 4.08. The smallest absolute Gasteiger partial charge is 0.317 e. The lowest BCUT2D eigenvalue weighted by molar-refractivity contribution is -0.138. The van der Waals surface area contributed by atoms with E-state index in [-0.39, 0.29) is 6.54 Å². The standard InChI is InChI=1S/C11H16N4O3/c1-18-10-7-12-6-9(13-10)15-4-2-14(3-5-15)8-11(16)17/h6-7H,2-5,8H2,1H3,(H,16,17). The molecule has 1 aliphatic heterocycles. The third kappa shape index (κ3) is 3.07. The summed E-state index contributed by atoms with van der Waals surface area (Å²) in [6.07, 6.45) is 3.25. The van der Waals surface area contributed by atoms with E-state index in [0.717, 1.165) is 18.9 Å². The third-order valence-electron chi connectivity index (χ3n) is 2.86. The number of nitrogens with zero attached hydrogens (tertiary/aromatic N) is 4. The summed E-state index contributed by atoms with van der Waals surface area (Å²) >= 11 is 0. The minimum atomic E-state index is -0.787. The van der Waals surface area contributed by atoms with Crippen molar-refractivity contribution in [3.63, 3.8) is 0 Å². The van der Waals surface area contributed by atoms with Crippen LogP contribution in [0.4, 0.5) is 5.82 Å². The Morgan fingerprint density at radius 3 is 2.72 bits per heavy atom. The minimum absolute atomic E-state index is 0.0949. The number of carboxylic acid groups (broad SMARTS) is 1. The number of anilines is 1. The molecule has 1 saturated heterocycles. The lowest BCUT2D eigenvalue weighted by atomic mass is 10.3. The topological polar surface area (TPSA) is 78.8 Å². The van der Waals surface area contributed by atoms with Crippen LogP contribution >= 0.6 is 0 Å². The number of aromatic nitrogens is 2. The van der Waals surface area contributed by atoms with Crippen LogP contribution in [0.25, 0.3) is 0 Å². The molecule has 1 fully saturated rings. The van der Waals surface area contributed by atoms with Gasteiger partial charge < -0.3 is 14.7 Å². The lowest BCUT2D eigenvalue weighted by Gasteiger charge is -2.34. The fraction of sp³-hybridized carbons (Fsp3) is 0.545. The molecule has 0 radical (unpaired) electrons. The average molecular weight is 252 g/mol. The monoisotopic (exact) mass is 252 g/mol. The van der Waals surface area contributed by atoms with E-state index in [0.29, 0.717) is 19.0 Å². The molecule has 0 spiro atoms. The Morgan fingerprint density at radius 1 is 1.39 bits per heavy atom. The number of rotatable bonds is 4. The molecular weight excluding hydrogens is 236 g/mol. The van der Waals surface area contributed by atoms with Gasteiger partial charge in [-0.3, -0.25) is 14.7 Å². The Morgan fingerprint density at radius 2 is 2.11 bits per heavy atom. The molecule has 1 aromatic rings. The van der Waals surface area contributed by atoms with Crippen molar-refractivity contribution >= 4 is 11.8 Å². The Balaban J connectivity index is 1.94. The molecule has 0 bridgehead atoms. The number of carbonyl (C=O) groups is 1. The van der Waals surface area contributed by atoms with E-state index < -0.39 is 5.97 Å². The Kier molecular flexibility index (Phi) is 3.93. The maximum Gasteiger partial charge on any atom is 0.317 e. The molecule has 0 amide bonds. The van der Waals surface area contributed by atoms with Gasteiger partial charge >= 0.3 is 5.97 Å². The van der Waals surface area contributed by atoms with E-state index in [9.17, 15) is 4.79 Å². The molecule has 1 aliphatic rings. The number of piperazine rings is 1. The van der Waals surface area contributed by atoms with E-state index >= 15 is 0 Å². The largest absolute Gasteiger partial charge is 0.480 e. The molecule has 1 aromatic heterocycles. The van der Waals surface area contributed by atoms with Gasteiger partial charge in [-0.05, 0) is 0 Å². The van der Waals surface area contributed by atoms with Gasteiger partial charge in [0.15, 0.2) is 5.82 Å². The summed E-state index contributed by atoms with van der Waals surface area (Å²) in [5.41, 5.74) is 0. The van der Waals surface area contributed by atoms with E-state index in [1.54, 1.807) is 19.5 Å². The quantitative estimate of drug-likeness (QED) is 0.787. The molecule has 0 saturated carbocycles. The van der Waals surface area contributed by atoms with Crippen LogP contribution in [-0.4, -0.2) is 65.8 Å². The number of hydrogen-bond acceptors (Lipinski definition) is 6. The predicted molar refractivity (Wildman–Crippen MR) is 64.9 cm³/mol. The van der Waals surface area contributed by atoms with Gasteiger partial charge in [0.25, 0.3) is 0 Å². The van der Waals surface area contributed by atoms with Crippen LogP contribution < -0.4 is 9.64 Å². The van der Waals surface area contributed by atoms with Crippen molar-refractivity contribution in [3.05, 3.63) is 12.4 Å². The molecule has 2 rings (SSSR count). The Bertz CT molecular complexity index is 419. The van der Waals surface area contributed by atoms with Gasteiger partial charge in [0, 0.05) is 26.2 Å². The molecule has 98 valence electrons. The minimum Gasteiger partial charge on any atom is -0.480 e. The van der Waals surface area contributed by atoms with E-state index in [1.807, 2.05) is 4.90 Å². The van der Waals surface area contributed by atoms with Crippen LogP contribution in [0.15, 0.2) is 12.4 Å². The first kappa shape index (κ1) is 12.6. The highest BCUT2D eigenvalue weighted by Gasteiger charge is 2.19. The van der Waals surface area contributed by atoms with E-state index in [2.05, 4.69) is 14.9 Å². The zero-order valence-electron chi connectivity index (χ0n) is 10.2. The SMILES string of the molecule is COc1cncc(N2CCN(CC(=O)O)CC2)n1. The van der Waals surface area contributed by atoms with Crippen LogP contribution in [-0.2, 0) is 4.79 Å². The number of methoxy groups -OCH3 is 1. The van der Waals surface area contributed by atoms with Gasteiger partial charge in [-0.15, -0.1) is 0 Å². The van der Waals surface area contributed by atoms with Crippen molar-refractivity contribution in [2.75, 3.05) is 44.7 Å². The van der Waals surface area contributed by atoms with E-state index in [1.165, 1.54) is 0 Å².